The Hall–Kier alpha value is -1.09. The van der Waals surface area contributed by atoms with Gasteiger partial charge in [0.15, 0.2) is 0 Å². The molecule has 2 rings (SSSR count). The highest BCUT2D eigenvalue weighted by Gasteiger charge is 2.23. The number of nitrogens with zero attached hydrogens (tertiary/aromatic N) is 1. The molecule has 1 aromatic rings. The first-order valence-electron chi connectivity index (χ1n) is 5.44. The van der Waals surface area contributed by atoms with E-state index in [0.717, 1.165) is 18.7 Å². The van der Waals surface area contributed by atoms with E-state index in [4.69, 9.17) is 0 Å². The van der Waals surface area contributed by atoms with Crippen LogP contribution in [-0.4, -0.2) is 25.0 Å². The van der Waals surface area contributed by atoms with Crippen molar-refractivity contribution in [3.05, 3.63) is 29.6 Å². The molecule has 1 N–H and O–H groups in total. The first kappa shape index (κ1) is 10.4. The van der Waals surface area contributed by atoms with Gasteiger partial charge in [-0.15, -0.1) is 0 Å². The Morgan fingerprint density at radius 1 is 1.40 bits per heavy atom. The third kappa shape index (κ3) is 1.84. The van der Waals surface area contributed by atoms with Crippen LogP contribution in [0.3, 0.4) is 0 Å². The van der Waals surface area contributed by atoms with Gasteiger partial charge in [-0.2, -0.15) is 0 Å². The molecule has 0 aromatic heterocycles. The van der Waals surface area contributed by atoms with Gasteiger partial charge in [-0.3, -0.25) is 4.90 Å². The Morgan fingerprint density at radius 2 is 2.13 bits per heavy atom. The number of hydrogen-bond acceptors (Lipinski definition) is 2. The predicted molar refractivity (Wildman–Crippen MR) is 60.6 cm³/mol. The molecule has 1 fully saturated rings. The maximum Gasteiger partial charge on any atom is 0.146 e. The summed E-state index contributed by atoms with van der Waals surface area (Å²) in [6.45, 7) is 4.39. The quantitative estimate of drug-likeness (QED) is 0.821. The van der Waals surface area contributed by atoms with Crippen LogP contribution < -0.4 is 5.32 Å². The second kappa shape index (κ2) is 4.19. The van der Waals surface area contributed by atoms with Crippen LogP contribution in [0.2, 0.25) is 0 Å². The summed E-state index contributed by atoms with van der Waals surface area (Å²) in [6, 6.07) is 5.58. The van der Waals surface area contributed by atoms with Crippen molar-refractivity contribution in [2.75, 3.05) is 25.5 Å². The summed E-state index contributed by atoms with van der Waals surface area (Å²) in [7, 11) is 1.77. The second-order valence-electron chi connectivity index (χ2n) is 4.02. The van der Waals surface area contributed by atoms with E-state index in [1.165, 1.54) is 12.5 Å². The summed E-state index contributed by atoms with van der Waals surface area (Å²) in [5.41, 5.74) is 1.69. The third-order valence-corrected chi connectivity index (χ3v) is 3.18. The van der Waals surface area contributed by atoms with E-state index in [1.54, 1.807) is 13.1 Å². The topological polar surface area (TPSA) is 15.3 Å². The van der Waals surface area contributed by atoms with Gasteiger partial charge in [0, 0.05) is 13.1 Å². The molecule has 1 aliphatic heterocycles. The van der Waals surface area contributed by atoms with Gasteiger partial charge < -0.3 is 5.32 Å². The Bertz CT molecular complexity index is 347. The minimum Gasteiger partial charge on any atom is -0.385 e. The molecule has 0 radical (unpaired) electrons. The van der Waals surface area contributed by atoms with Crippen molar-refractivity contribution in [1.29, 1.82) is 0 Å². The number of anilines is 1. The van der Waals surface area contributed by atoms with E-state index in [-0.39, 0.29) is 5.82 Å². The molecule has 82 valence electrons. The number of likely N-dealkylation sites (tertiary alicyclic amines) is 1. The maximum absolute atomic E-state index is 13.5. The number of benzene rings is 1. The second-order valence-corrected chi connectivity index (χ2v) is 4.02. The molecule has 0 amide bonds. The van der Waals surface area contributed by atoms with Crippen molar-refractivity contribution < 1.29 is 4.39 Å². The van der Waals surface area contributed by atoms with Crippen LogP contribution in [-0.2, 0) is 0 Å². The normalized spacial score (nSPS) is 18.3. The lowest BCUT2D eigenvalue weighted by atomic mass is 10.0. The molecule has 0 spiro atoms. The van der Waals surface area contributed by atoms with Gasteiger partial charge >= 0.3 is 0 Å². The fourth-order valence-corrected chi connectivity index (χ4v) is 2.08. The summed E-state index contributed by atoms with van der Waals surface area (Å²) in [6.07, 6.45) is 1.26. The molecular weight excluding hydrogens is 191 g/mol. The summed E-state index contributed by atoms with van der Waals surface area (Å²) in [5.74, 6) is -0.164. The lowest BCUT2D eigenvalue weighted by Crippen LogP contribution is -2.39. The molecular formula is C12H17FN2. The van der Waals surface area contributed by atoms with Crippen LogP contribution in [0.25, 0.3) is 0 Å². The van der Waals surface area contributed by atoms with Crippen molar-refractivity contribution in [3.8, 4) is 0 Å². The fraction of sp³-hybridized carbons (Fsp3) is 0.500. The number of nitrogens with one attached hydrogen (secondary N) is 1. The maximum atomic E-state index is 13.5. The molecule has 15 heavy (non-hydrogen) atoms. The number of para-hydroxylation sites is 1. The molecule has 1 aromatic carbocycles. The largest absolute Gasteiger partial charge is 0.385 e. The Kier molecular flexibility index (Phi) is 2.91. The van der Waals surface area contributed by atoms with E-state index < -0.39 is 0 Å². The van der Waals surface area contributed by atoms with Gasteiger partial charge in [0.05, 0.1) is 5.69 Å². The smallest absolute Gasteiger partial charge is 0.146 e. The highest BCUT2D eigenvalue weighted by molar-refractivity contribution is 5.53. The first-order valence-corrected chi connectivity index (χ1v) is 5.44. The summed E-state index contributed by atoms with van der Waals surface area (Å²) in [5, 5.41) is 2.95. The molecule has 0 saturated carbocycles. The van der Waals surface area contributed by atoms with Gasteiger partial charge in [0.1, 0.15) is 5.82 Å². The summed E-state index contributed by atoms with van der Waals surface area (Å²) < 4.78 is 13.5. The highest BCUT2D eigenvalue weighted by atomic mass is 19.1. The number of hydrogen-bond donors (Lipinski definition) is 1. The molecule has 1 unspecified atom stereocenters. The van der Waals surface area contributed by atoms with E-state index >= 15 is 0 Å². The number of rotatable bonds is 3. The zero-order valence-corrected chi connectivity index (χ0v) is 9.26. The highest BCUT2D eigenvalue weighted by Crippen LogP contribution is 2.31. The van der Waals surface area contributed by atoms with Crippen LogP contribution in [0, 0.1) is 5.82 Å². The van der Waals surface area contributed by atoms with Gasteiger partial charge in [-0.05, 0) is 38.1 Å². The first-order chi connectivity index (χ1) is 7.24. The van der Waals surface area contributed by atoms with Crippen molar-refractivity contribution in [2.45, 2.75) is 19.4 Å². The lowest BCUT2D eigenvalue weighted by Gasteiger charge is -2.37. The monoisotopic (exact) mass is 208 g/mol. The van der Waals surface area contributed by atoms with Crippen LogP contribution in [0.1, 0.15) is 24.9 Å². The van der Waals surface area contributed by atoms with Crippen molar-refractivity contribution in [1.82, 2.24) is 4.90 Å². The number of halogens is 1. The zero-order chi connectivity index (χ0) is 10.8. The van der Waals surface area contributed by atoms with E-state index in [2.05, 4.69) is 17.1 Å². The van der Waals surface area contributed by atoms with Crippen LogP contribution in [0.4, 0.5) is 10.1 Å². The Labute approximate surface area is 90.1 Å². The average molecular weight is 208 g/mol. The van der Waals surface area contributed by atoms with Crippen LogP contribution >= 0.6 is 0 Å². The lowest BCUT2D eigenvalue weighted by molar-refractivity contribution is 0.129. The van der Waals surface area contributed by atoms with Crippen LogP contribution in [0.15, 0.2) is 18.2 Å². The fourth-order valence-electron chi connectivity index (χ4n) is 2.08. The van der Waals surface area contributed by atoms with E-state index in [9.17, 15) is 4.39 Å². The molecule has 1 heterocycles. The third-order valence-electron chi connectivity index (χ3n) is 3.18. The average Bonchev–Trinajstić information content (AvgIpc) is 2.14. The van der Waals surface area contributed by atoms with Crippen molar-refractivity contribution in [2.24, 2.45) is 0 Å². The Morgan fingerprint density at radius 3 is 2.67 bits per heavy atom. The SMILES string of the molecule is CNc1c(F)cccc1C(C)N1CCC1. The summed E-state index contributed by atoms with van der Waals surface area (Å²) in [4.78, 5) is 2.36. The van der Waals surface area contributed by atoms with Crippen LogP contribution in [0.5, 0.6) is 0 Å². The standard InChI is InChI=1S/C12H17FN2/c1-9(15-7-4-8-15)10-5-3-6-11(13)12(10)14-2/h3,5-6,9,14H,4,7-8H2,1-2H3. The van der Waals surface area contributed by atoms with Gasteiger partial charge in [-0.1, -0.05) is 12.1 Å². The molecule has 3 heteroatoms. The zero-order valence-electron chi connectivity index (χ0n) is 9.26. The molecule has 1 aliphatic rings. The van der Waals surface area contributed by atoms with Crippen molar-refractivity contribution >= 4 is 5.69 Å². The summed E-state index contributed by atoms with van der Waals surface area (Å²) >= 11 is 0. The molecule has 1 saturated heterocycles. The van der Waals surface area contributed by atoms with Crippen molar-refractivity contribution in [3.63, 3.8) is 0 Å². The molecule has 0 bridgehead atoms. The molecule has 0 aliphatic carbocycles. The minimum absolute atomic E-state index is 0.164. The van der Waals surface area contributed by atoms with Gasteiger partial charge in [0.2, 0.25) is 0 Å². The van der Waals surface area contributed by atoms with Gasteiger partial charge in [-0.25, -0.2) is 4.39 Å². The predicted octanol–water partition coefficient (Wildman–Crippen LogP) is 2.63. The van der Waals surface area contributed by atoms with E-state index in [0.29, 0.717) is 11.7 Å². The molecule has 1 atom stereocenters. The Balaban J connectivity index is 2.29. The van der Waals surface area contributed by atoms with E-state index in [1.807, 2.05) is 6.07 Å². The minimum atomic E-state index is -0.164. The van der Waals surface area contributed by atoms with Gasteiger partial charge in [0.25, 0.3) is 0 Å². The molecule has 2 nitrogen and oxygen atoms in total.